The molecule has 0 heterocycles. The van der Waals surface area contributed by atoms with E-state index in [1.54, 1.807) is 24.3 Å². The lowest BCUT2D eigenvalue weighted by Gasteiger charge is -2.28. The summed E-state index contributed by atoms with van der Waals surface area (Å²) < 4.78 is 0. The van der Waals surface area contributed by atoms with Gasteiger partial charge >= 0.3 is 0 Å². The summed E-state index contributed by atoms with van der Waals surface area (Å²) in [5, 5.41) is 27.6. The van der Waals surface area contributed by atoms with E-state index in [2.05, 4.69) is 10.6 Å². The Morgan fingerprint density at radius 2 is 0.737 bits per heavy atom. The normalized spacial score (nSPS) is 12.8. The van der Waals surface area contributed by atoms with Gasteiger partial charge in [-0.1, -0.05) is 83.1 Å². The van der Waals surface area contributed by atoms with E-state index in [0.717, 1.165) is 22.3 Å². The zero-order valence-corrected chi connectivity index (χ0v) is 25.4. The molecule has 0 unspecified atom stereocenters. The van der Waals surface area contributed by atoms with Crippen LogP contribution in [0.2, 0.25) is 0 Å². The molecule has 0 bridgehead atoms. The van der Waals surface area contributed by atoms with Gasteiger partial charge in [0.15, 0.2) is 0 Å². The third kappa shape index (κ3) is 7.30. The Kier molecular flexibility index (Phi) is 8.72. The molecule has 0 spiro atoms. The third-order valence-electron chi connectivity index (χ3n) is 6.67. The summed E-state index contributed by atoms with van der Waals surface area (Å²) in [6.07, 6.45) is 0. The number of phenolic OH excluding ortho intramolecular Hbond substituents is 2. The Labute approximate surface area is 229 Å². The van der Waals surface area contributed by atoms with Crippen molar-refractivity contribution in [2.45, 2.75) is 105 Å². The molecule has 2 aromatic rings. The number of benzene rings is 2. The molecule has 2 amide bonds. The molecule has 0 fully saturated rings. The van der Waals surface area contributed by atoms with Gasteiger partial charge in [-0.15, -0.1) is 0 Å². The van der Waals surface area contributed by atoms with E-state index in [1.807, 2.05) is 83.1 Å². The van der Waals surface area contributed by atoms with Crippen LogP contribution in [0.1, 0.15) is 126 Å². The summed E-state index contributed by atoms with van der Waals surface area (Å²) in [5.74, 6) is -0.0613. The predicted octanol–water partition coefficient (Wildman–Crippen LogP) is 6.45. The highest BCUT2D eigenvalue weighted by Crippen LogP contribution is 2.41. The second-order valence-corrected chi connectivity index (χ2v) is 14.4. The van der Waals surface area contributed by atoms with Crippen LogP contribution in [-0.2, 0) is 21.7 Å². The van der Waals surface area contributed by atoms with E-state index < -0.39 is 0 Å². The van der Waals surface area contributed by atoms with E-state index in [9.17, 15) is 19.8 Å². The zero-order valence-electron chi connectivity index (χ0n) is 25.4. The lowest BCUT2D eigenvalue weighted by Crippen LogP contribution is -2.35. The van der Waals surface area contributed by atoms with Crippen molar-refractivity contribution >= 4 is 11.8 Å². The SMILES string of the molecule is CC(C)(C)c1cc(C(=O)NCCNC(=O)c2cc(C(C)(C)C)c(O)c(C(C)(C)C)c2)cc(C(C)(C)C)c1O. The fourth-order valence-electron chi connectivity index (χ4n) is 4.37. The molecule has 6 heteroatoms. The van der Waals surface area contributed by atoms with Gasteiger partial charge in [0.2, 0.25) is 0 Å². The minimum atomic E-state index is -0.337. The van der Waals surface area contributed by atoms with Crippen LogP contribution in [0.5, 0.6) is 11.5 Å². The molecule has 0 aliphatic heterocycles. The standard InChI is InChI=1S/C32H48N2O4/c1-29(2,3)21-15-19(16-22(25(21)35)30(4,5)6)27(37)33-13-14-34-28(38)20-17-23(31(7,8)9)26(36)24(18-20)32(10,11)12/h15-18,35-36H,13-14H2,1-12H3,(H,33,37)(H,34,38). The number of nitrogens with one attached hydrogen (secondary N) is 2. The van der Waals surface area contributed by atoms with Crippen LogP contribution in [0.25, 0.3) is 0 Å². The maximum absolute atomic E-state index is 13.0. The lowest BCUT2D eigenvalue weighted by atomic mass is 9.78. The highest BCUT2D eigenvalue weighted by molar-refractivity contribution is 5.96. The van der Waals surface area contributed by atoms with Crippen LogP contribution in [0.4, 0.5) is 0 Å². The molecule has 2 aromatic carbocycles. The van der Waals surface area contributed by atoms with Crippen LogP contribution >= 0.6 is 0 Å². The first-order chi connectivity index (χ1) is 17.0. The van der Waals surface area contributed by atoms with Crippen molar-refractivity contribution in [3.05, 3.63) is 57.6 Å². The summed E-state index contributed by atoms with van der Waals surface area (Å²) in [5.41, 5.74) is 2.50. The molecular weight excluding hydrogens is 476 g/mol. The molecule has 6 nitrogen and oxygen atoms in total. The van der Waals surface area contributed by atoms with E-state index in [1.165, 1.54) is 0 Å². The number of carbonyl (C=O) groups excluding carboxylic acids is 2. The second kappa shape index (κ2) is 10.6. The van der Waals surface area contributed by atoms with Crippen LogP contribution in [0.3, 0.4) is 0 Å². The van der Waals surface area contributed by atoms with Crippen molar-refractivity contribution < 1.29 is 19.8 Å². The van der Waals surface area contributed by atoms with E-state index in [-0.39, 0.29) is 58.1 Å². The molecule has 0 aliphatic rings. The van der Waals surface area contributed by atoms with Gasteiger partial charge in [-0.2, -0.15) is 0 Å². The first-order valence-corrected chi connectivity index (χ1v) is 13.4. The van der Waals surface area contributed by atoms with Crippen LogP contribution in [0.15, 0.2) is 24.3 Å². The first kappa shape index (κ1) is 31.2. The summed E-state index contributed by atoms with van der Waals surface area (Å²) in [7, 11) is 0. The smallest absolute Gasteiger partial charge is 0.251 e. The van der Waals surface area contributed by atoms with Gasteiger partial charge in [0.05, 0.1) is 0 Å². The molecule has 2 rings (SSSR count). The van der Waals surface area contributed by atoms with Crippen molar-refractivity contribution in [3.8, 4) is 11.5 Å². The number of amides is 2. The molecule has 0 aliphatic carbocycles. The molecular formula is C32H48N2O4. The fourth-order valence-corrected chi connectivity index (χ4v) is 4.37. The topological polar surface area (TPSA) is 98.7 Å². The monoisotopic (exact) mass is 524 g/mol. The van der Waals surface area contributed by atoms with Crippen molar-refractivity contribution in [2.24, 2.45) is 0 Å². The van der Waals surface area contributed by atoms with Crippen LogP contribution in [-0.4, -0.2) is 35.1 Å². The minimum Gasteiger partial charge on any atom is -0.507 e. The number of carbonyl (C=O) groups is 2. The zero-order chi connectivity index (χ0) is 29.4. The van der Waals surface area contributed by atoms with Gasteiger partial charge in [0.25, 0.3) is 11.8 Å². The molecule has 210 valence electrons. The molecule has 0 saturated heterocycles. The largest absolute Gasteiger partial charge is 0.507 e. The minimum absolute atomic E-state index is 0.229. The Morgan fingerprint density at radius 3 is 0.921 bits per heavy atom. The van der Waals surface area contributed by atoms with Crippen molar-refractivity contribution in [1.82, 2.24) is 10.6 Å². The highest BCUT2D eigenvalue weighted by Gasteiger charge is 2.29. The molecule has 0 atom stereocenters. The first-order valence-electron chi connectivity index (χ1n) is 13.4. The highest BCUT2D eigenvalue weighted by atomic mass is 16.3. The second-order valence-electron chi connectivity index (χ2n) is 14.4. The number of phenols is 2. The van der Waals surface area contributed by atoms with Gasteiger partial charge in [-0.05, 0) is 45.9 Å². The summed E-state index contributed by atoms with van der Waals surface area (Å²) >= 11 is 0. The van der Waals surface area contributed by atoms with Gasteiger partial charge < -0.3 is 20.8 Å². The Morgan fingerprint density at radius 1 is 0.526 bits per heavy atom. The van der Waals surface area contributed by atoms with Gasteiger partial charge in [-0.3, -0.25) is 9.59 Å². The average molecular weight is 525 g/mol. The van der Waals surface area contributed by atoms with E-state index >= 15 is 0 Å². The van der Waals surface area contributed by atoms with Crippen molar-refractivity contribution in [2.75, 3.05) is 13.1 Å². The lowest BCUT2D eigenvalue weighted by molar-refractivity contribution is 0.0927. The van der Waals surface area contributed by atoms with Crippen LogP contribution in [0, 0.1) is 0 Å². The number of hydrogen-bond donors (Lipinski definition) is 4. The molecule has 0 aromatic heterocycles. The Bertz CT molecular complexity index is 1030. The Hall–Kier alpha value is -3.02. The maximum Gasteiger partial charge on any atom is 0.251 e. The molecule has 4 N–H and O–H groups in total. The van der Waals surface area contributed by atoms with Gasteiger partial charge in [0, 0.05) is 46.5 Å². The van der Waals surface area contributed by atoms with Gasteiger partial charge in [-0.25, -0.2) is 0 Å². The summed E-state index contributed by atoms with van der Waals surface area (Å²) in [6, 6.07) is 6.99. The average Bonchev–Trinajstić information content (AvgIpc) is 2.73. The number of aromatic hydroxyl groups is 2. The van der Waals surface area contributed by atoms with Crippen LogP contribution < -0.4 is 10.6 Å². The summed E-state index contributed by atoms with van der Waals surface area (Å²) in [6.45, 7) is 24.6. The number of rotatable bonds is 5. The molecule has 0 saturated carbocycles. The van der Waals surface area contributed by atoms with Crippen molar-refractivity contribution in [1.29, 1.82) is 0 Å². The maximum atomic E-state index is 13.0. The molecule has 0 radical (unpaired) electrons. The quantitative estimate of drug-likeness (QED) is 0.338. The third-order valence-corrected chi connectivity index (χ3v) is 6.67. The number of hydrogen-bond acceptors (Lipinski definition) is 4. The predicted molar refractivity (Wildman–Crippen MR) is 156 cm³/mol. The molecule has 38 heavy (non-hydrogen) atoms. The van der Waals surface area contributed by atoms with Gasteiger partial charge in [0.1, 0.15) is 11.5 Å². The summed E-state index contributed by atoms with van der Waals surface area (Å²) in [4.78, 5) is 26.1. The Balaban J connectivity index is 2.20. The van der Waals surface area contributed by atoms with E-state index in [4.69, 9.17) is 0 Å². The fraction of sp³-hybridized carbons (Fsp3) is 0.562. The van der Waals surface area contributed by atoms with Crippen molar-refractivity contribution in [3.63, 3.8) is 0 Å². The van der Waals surface area contributed by atoms with E-state index in [0.29, 0.717) is 11.1 Å².